The Kier molecular flexibility index (Phi) is 6.38. The summed E-state index contributed by atoms with van der Waals surface area (Å²) in [6.07, 6.45) is -0.209. The molecule has 1 atom stereocenters. The summed E-state index contributed by atoms with van der Waals surface area (Å²) in [5, 5.41) is 3.17. The average molecular weight is 374 g/mol. The number of thiazole rings is 1. The highest BCUT2D eigenvalue weighted by molar-refractivity contribution is 7.09. The number of halogens is 2. The van der Waals surface area contributed by atoms with E-state index in [1.54, 1.807) is 10.3 Å². The second-order valence-corrected chi connectivity index (χ2v) is 6.31. The topological polar surface area (TPSA) is 68.5 Å². The smallest absolute Gasteiger partial charge is 0.273 e. The number of nitrogens with zero attached hydrogens (tertiary/aromatic N) is 2. The Labute approximate surface area is 149 Å². The van der Waals surface area contributed by atoms with Gasteiger partial charge in [0.05, 0.1) is 13.2 Å². The Hall–Kier alpha value is -1.18. The molecule has 2 heterocycles. The Morgan fingerprint density at radius 1 is 1.48 bits per heavy atom. The van der Waals surface area contributed by atoms with Crippen LogP contribution in [0.2, 0.25) is 5.02 Å². The first-order valence-corrected chi connectivity index (χ1v) is 8.24. The molecule has 1 fully saturated rings. The molecule has 5 nitrogen and oxygen atoms in total. The van der Waals surface area contributed by atoms with Gasteiger partial charge in [-0.15, -0.1) is 23.7 Å². The number of morpholine rings is 1. The molecule has 1 aliphatic heterocycles. The zero-order valence-corrected chi connectivity index (χ0v) is 14.7. The third-order valence-electron chi connectivity index (χ3n) is 3.55. The van der Waals surface area contributed by atoms with E-state index in [9.17, 15) is 4.79 Å². The van der Waals surface area contributed by atoms with E-state index in [0.717, 1.165) is 10.6 Å². The Morgan fingerprint density at radius 2 is 2.26 bits per heavy atom. The lowest BCUT2D eigenvalue weighted by Crippen LogP contribution is -2.42. The molecular weight excluding hydrogens is 357 g/mol. The highest BCUT2D eigenvalue weighted by atomic mass is 35.5. The van der Waals surface area contributed by atoms with Gasteiger partial charge >= 0.3 is 0 Å². The largest absolute Gasteiger partial charge is 0.370 e. The van der Waals surface area contributed by atoms with Crippen LogP contribution < -0.4 is 5.73 Å². The lowest BCUT2D eigenvalue weighted by Gasteiger charge is -2.33. The van der Waals surface area contributed by atoms with Gasteiger partial charge in [0.15, 0.2) is 0 Å². The van der Waals surface area contributed by atoms with Crippen LogP contribution in [0.4, 0.5) is 0 Å². The maximum absolute atomic E-state index is 12.5. The molecule has 23 heavy (non-hydrogen) atoms. The van der Waals surface area contributed by atoms with Crippen LogP contribution in [0.5, 0.6) is 0 Å². The van der Waals surface area contributed by atoms with Gasteiger partial charge in [-0.3, -0.25) is 4.79 Å². The van der Waals surface area contributed by atoms with E-state index >= 15 is 0 Å². The number of carbonyl (C=O) groups is 1. The van der Waals surface area contributed by atoms with Crippen molar-refractivity contribution in [3.8, 4) is 0 Å². The van der Waals surface area contributed by atoms with Gasteiger partial charge in [-0.1, -0.05) is 29.8 Å². The Morgan fingerprint density at radius 3 is 2.96 bits per heavy atom. The highest BCUT2D eigenvalue weighted by Gasteiger charge is 2.28. The van der Waals surface area contributed by atoms with Gasteiger partial charge in [0, 0.05) is 29.1 Å². The van der Waals surface area contributed by atoms with Gasteiger partial charge in [-0.2, -0.15) is 0 Å². The van der Waals surface area contributed by atoms with Crippen molar-refractivity contribution >= 4 is 41.3 Å². The fourth-order valence-corrected chi connectivity index (χ4v) is 3.33. The average Bonchev–Trinajstić information content (AvgIpc) is 3.04. The number of nitrogens with two attached hydrogens (primary N) is 1. The molecule has 0 radical (unpaired) electrons. The normalized spacial score (nSPS) is 17.7. The zero-order chi connectivity index (χ0) is 15.5. The van der Waals surface area contributed by atoms with Crippen LogP contribution in [-0.2, 0) is 11.3 Å². The molecule has 0 spiro atoms. The number of hydrogen-bond donors (Lipinski definition) is 1. The van der Waals surface area contributed by atoms with Crippen molar-refractivity contribution < 1.29 is 9.53 Å². The highest BCUT2D eigenvalue weighted by Crippen LogP contribution is 2.28. The van der Waals surface area contributed by atoms with E-state index in [1.165, 1.54) is 11.3 Å². The van der Waals surface area contributed by atoms with Crippen LogP contribution in [-0.4, -0.2) is 35.5 Å². The van der Waals surface area contributed by atoms with Gasteiger partial charge < -0.3 is 15.4 Å². The second-order valence-electron chi connectivity index (χ2n) is 4.96. The van der Waals surface area contributed by atoms with Crippen LogP contribution in [0.1, 0.15) is 27.2 Å². The Bertz CT molecular complexity index is 680. The van der Waals surface area contributed by atoms with E-state index in [4.69, 9.17) is 22.1 Å². The van der Waals surface area contributed by atoms with Crippen molar-refractivity contribution in [3.05, 3.63) is 50.9 Å². The summed E-state index contributed by atoms with van der Waals surface area (Å²) >= 11 is 7.62. The molecule has 2 N–H and O–H groups in total. The number of ether oxygens (including phenoxy) is 1. The van der Waals surface area contributed by atoms with Gasteiger partial charge in [-0.05, 0) is 6.07 Å². The maximum atomic E-state index is 12.5. The molecule has 1 aromatic heterocycles. The molecule has 8 heteroatoms. The molecule has 0 saturated carbocycles. The summed E-state index contributed by atoms with van der Waals surface area (Å²) in [7, 11) is 0. The summed E-state index contributed by atoms with van der Waals surface area (Å²) in [6.45, 7) is 1.85. The predicted molar refractivity (Wildman–Crippen MR) is 93.3 cm³/mol. The molecule has 124 valence electrons. The number of rotatable bonds is 3. The van der Waals surface area contributed by atoms with Crippen LogP contribution in [0, 0.1) is 0 Å². The molecule has 2 aromatic rings. The first kappa shape index (κ1) is 18.2. The molecule has 0 bridgehead atoms. The van der Waals surface area contributed by atoms with E-state index in [1.807, 2.05) is 24.3 Å². The number of hydrogen-bond acceptors (Lipinski definition) is 5. The zero-order valence-electron chi connectivity index (χ0n) is 12.3. The summed E-state index contributed by atoms with van der Waals surface area (Å²) in [5.41, 5.74) is 6.90. The third-order valence-corrected chi connectivity index (χ3v) is 4.77. The Balaban J connectivity index is 0.00000192. The van der Waals surface area contributed by atoms with E-state index in [0.29, 0.717) is 37.0 Å². The fourth-order valence-electron chi connectivity index (χ4n) is 2.42. The maximum Gasteiger partial charge on any atom is 0.273 e. The van der Waals surface area contributed by atoms with Crippen LogP contribution in [0.15, 0.2) is 29.6 Å². The molecule has 1 amide bonds. The standard InChI is InChI=1S/C15H16ClN3O2S.ClH/c16-11-4-2-1-3-10(11)13-8-19(5-6-21-13)15(20)12-9-22-14(7-17)18-12;/h1-4,9,13H,5-8,17H2;1H. The SMILES string of the molecule is Cl.NCc1nc(C(=O)N2CCOC(c3ccccc3Cl)C2)cs1. The van der Waals surface area contributed by atoms with Crippen LogP contribution in [0.3, 0.4) is 0 Å². The van der Waals surface area contributed by atoms with Crippen LogP contribution >= 0.6 is 35.3 Å². The lowest BCUT2D eigenvalue weighted by atomic mass is 10.1. The summed E-state index contributed by atoms with van der Waals surface area (Å²) in [6, 6.07) is 7.55. The number of aromatic nitrogens is 1. The molecule has 0 aliphatic carbocycles. The predicted octanol–water partition coefficient (Wildman–Crippen LogP) is 2.89. The van der Waals surface area contributed by atoms with Crippen molar-refractivity contribution in [2.75, 3.05) is 19.7 Å². The minimum Gasteiger partial charge on any atom is -0.370 e. The molecule has 3 rings (SSSR count). The van der Waals surface area contributed by atoms with Crippen molar-refractivity contribution in [1.29, 1.82) is 0 Å². The van der Waals surface area contributed by atoms with E-state index in [2.05, 4.69) is 4.98 Å². The van der Waals surface area contributed by atoms with Crippen molar-refractivity contribution in [3.63, 3.8) is 0 Å². The summed E-state index contributed by atoms with van der Waals surface area (Å²) < 4.78 is 5.77. The first-order valence-electron chi connectivity index (χ1n) is 6.99. The molecule has 1 aliphatic rings. The lowest BCUT2D eigenvalue weighted by molar-refractivity contribution is -0.0229. The van der Waals surface area contributed by atoms with E-state index < -0.39 is 0 Å². The molecular formula is C15H17Cl2N3O2S. The van der Waals surface area contributed by atoms with Gasteiger partial charge in [-0.25, -0.2) is 4.98 Å². The quantitative estimate of drug-likeness (QED) is 0.897. The first-order chi connectivity index (χ1) is 10.7. The summed E-state index contributed by atoms with van der Waals surface area (Å²) in [5.74, 6) is -0.0868. The van der Waals surface area contributed by atoms with Gasteiger partial charge in [0.2, 0.25) is 0 Å². The summed E-state index contributed by atoms with van der Waals surface area (Å²) in [4.78, 5) is 18.5. The van der Waals surface area contributed by atoms with Crippen LogP contribution in [0.25, 0.3) is 0 Å². The monoisotopic (exact) mass is 373 g/mol. The number of carbonyl (C=O) groups excluding carboxylic acids is 1. The van der Waals surface area contributed by atoms with Gasteiger partial charge in [0.1, 0.15) is 16.8 Å². The number of amides is 1. The molecule has 1 saturated heterocycles. The molecule has 1 aromatic carbocycles. The fraction of sp³-hybridized carbons (Fsp3) is 0.333. The van der Waals surface area contributed by atoms with E-state index in [-0.39, 0.29) is 24.4 Å². The van der Waals surface area contributed by atoms with Gasteiger partial charge in [0.25, 0.3) is 5.91 Å². The third kappa shape index (κ3) is 4.02. The van der Waals surface area contributed by atoms with Crippen molar-refractivity contribution in [1.82, 2.24) is 9.88 Å². The van der Waals surface area contributed by atoms with Crippen molar-refractivity contribution in [2.45, 2.75) is 12.6 Å². The minimum atomic E-state index is -0.209. The van der Waals surface area contributed by atoms with Crippen molar-refractivity contribution in [2.24, 2.45) is 5.73 Å². The number of benzene rings is 1. The second kappa shape index (κ2) is 8.08. The minimum absolute atomic E-state index is 0. The molecule has 1 unspecified atom stereocenters.